The lowest BCUT2D eigenvalue weighted by atomic mass is 9.96. The number of nitrogens with zero attached hydrogens (tertiary/aromatic N) is 1. The molecule has 2 rings (SSSR count). The molecular weight excluding hydrogens is 338 g/mol. The summed E-state index contributed by atoms with van der Waals surface area (Å²) in [5.41, 5.74) is 0.430. The normalized spacial score (nSPS) is 15.8. The zero-order valence-corrected chi connectivity index (χ0v) is 16.4. The molecule has 1 saturated heterocycles. The Labute approximate surface area is 153 Å². The SMILES string of the molecule is Cc1cc(NC(=O)C(C)(C)C)sc1C(=O)NCCCN1CCOCC1. The first kappa shape index (κ1) is 19.9. The maximum absolute atomic E-state index is 12.4. The van der Waals surface area contributed by atoms with Gasteiger partial charge in [-0.15, -0.1) is 11.3 Å². The molecule has 0 aliphatic carbocycles. The van der Waals surface area contributed by atoms with Gasteiger partial charge in [0.1, 0.15) is 0 Å². The second-order valence-electron chi connectivity index (χ2n) is 7.39. The average molecular weight is 368 g/mol. The quantitative estimate of drug-likeness (QED) is 0.758. The van der Waals surface area contributed by atoms with Crippen LogP contribution in [0.25, 0.3) is 0 Å². The Morgan fingerprint density at radius 3 is 2.60 bits per heavy atom. The summed E-state index contributed by atoms with van der Waals surface area (Å²) in [5, 5.41) is 6.58. The molecule has 0 spiro atoms. The van der Waals surface area contributed by atoms with Crippen molar-refractivity contribution in [1.82, 2.24) is 10.2 Å². The predicted octanol–water partition coefficient (Wildman–Crippen LogP) is 2.49. The van der Waals surface area contributed by atoms with Gasteiger partial charge in [-0.05, 0) is 31.5 Å². The maximum atomic E-state index is 12.4. The first-order valence-electron chi connectivity index (χ1n) is 8.77. The number of hydrogen-bond acceptors (Lipinski definition) is 5. The second kappa shape index (κ2) is 8.78. The summed E-state index contributed by atoms with van der Waals surface area (Å²) < 4.78 is 5.33. The van der Waals surface area contributed by atoms with Crippen LogP contribution in [0, 0.1) is 12.3 Å². The van der Waals surface area contributed by atoms with Crippen LogP contribution in [0.15, 0.2) is 6.07 Å². The van der Waals surface area contributed by atoms with E-state index in [-0.39, 0.29) is 11.8 Å². The van der Waals surface area contributed by atoms with Gasteiger partial charge in [0.25, 0.3) is 5.91 Å². The van der Waals surface area contributed by atoms with Crippen LogP contribution in [0.5, 0.6) is 0 Å². The van der Waals surface area contributed by atoms with Gasteiger partial charge in [0.05, 0.1) is 23.1 Å². The smallest absolute Gasteiger partial charge is 0.261 e. The van der Waals surface area contributed by atoms with Crippen molar-refractivity contribution in [3.05, 3.63) is 16.5 Å². The highest BCUT2D eigenvalue weighted by Crippen LogP contribution is 2.28. The number of anilines is 1. The lowest BCUT2D eigenvalue weighted by molar-refractivity contribution is -0.123. The predicted molar refractivity (Wildman–Crippen MR) is 101 cm³/mol. The van der Waals surface area contributed by atoms with Gasteiger partial charge in [-0.25, -0.2) is 0 Å². The molecule has 2 amide bonds. The number of ether oxygens (including phenoxy) is 1. The minimum atomic E-state index is -0.459. The van der Waals surface area contributed by atoms with Gasteiger partial charge in [-0.1, -0.05) is 20.8 Å². The monoisotopic (exact) mass is 367 g/mol. The Bertz CT molecular complexity index is 601. The van der Waals surface area contributed by atoms with Crippen molar-refractivity contribution in [1.29, 1.82) is 0 Å². The maximum Gasteiger partial charge on any atom is 0.261 e. The van der Waals surface area contributed by atoms with Gasteiger partial charge in [-0.3, -0.25) is 14.5 Å². The number of morpholine rings is 1. The van der Waals surface area contributed by atoms with Gasteiger partial charge in [0.15, 0.2) is 0 Å². The molecule has 1 aromatic heterocycles. The standard InChI is InChI=1S/C18H29N3O3S/c1-13-12-14(20-17(23)18(2,3)4)25-15(13)16(22)19-6-5-7-21-8-10-24-11-9-21/h12H,5-11H2,1-4H3,(H,19,22)(H,20,23). The van der Waals surface area contributed by atoms with Gasteiger partial charge >= 0.3 is 0 Å². The molecule has 2 N–H and O–H groups in total. The molecule has 140 valence electrons. The van der Waals surface area contributed by atoms with Gasteiger partial charge in [0, 0.05) is 25.0 Å². The van der Waals surface area contributed by atoms with Crippen LogP contribution in [0.4, 0.5) is 5.00 Å². The van der Waals surface area contributed by atoms with Crippen molar-refractivity contribution in [3.63, 3.8) is 0 Å². The fourth-order valence-electron chi connectivity index (χ4n) is 2.48. The first-order chi connectivity index (χ1) is 11.8. The van der Waals surface area contributed by atoms with Crippen LogP contribution in [0.1, 0.15) is 42.4 Å². The number of rotatable bonds is 6. The van der Waals surface area contributed by atoms with Gasteiger partial charge in [-0.2, -0.15) is 0 Å². The van der Waals surface area contributed by atoms with E-state index in [0.717, 1.165) is 49.8 Å². The van der Waals surface area contributed by atoms with Crippen molar-refractivity contribution >= 4 is 28.2 Å². The number of carbonyl (C=O) groups is 2. The molecule has 7 heteroatoms. The number of hydrogen-bond donors (Lipinski definition) is 2. The summed E-state index contributed by atoms with van der Waals surface area (Å²) in [6, 6.07) is 1.86. The molecule has 0 aromatic carbocycles. The van der Waals surface area contributed by atoms with Crippen molar-refractivity contribution in [3.8, 4) is 0 Å². The van der Waals surface area contributed by atoms with Crippen LogP contribution in [-0.2, 0) is 9.53 Å². The van der Waals surface area contributed by atoms with Crippen LogP contribution >= 0.6 is 11.3 Å². The van der Waals surface area contributed by atoms with E-state index in [2.05, 4.69) is 15.5 Å². The molecule has 0 radical (unpaired) electrons. The lowest BCUT2D eigenvalue weighted by Gasteiger charge is -2.26. The zero-order valence-electron chi connectivity index (χ0n) is 15.6. The summed E-state index contributed by atoms with van der Waals surface area (Å²) in [5.74, 6) is -0.119. The molecule has 1 aromatic rings. The third-order valence-corrected chi connectivity index (χ3v) is 5.23. The minimum absolute atomic E-state index is 0.0498. The minimum Gasteiger partial charge on any atom is -0.379 e. The van der Waals surface area contributed by atoms with E-state index in [0.29, 0.717) is 11.4 Å². The first-order valence-corrected chi connectivity index (χ1v) is 9.59. The van der Waals surface area contributed by atoms with E-state index in [1.54, 1.807) is 0 Å². The Balaban J connectivity index is 1.80. The molecule has 1 aliphatic rings. The summed E-state index contributed by atoms with van der Waals surface area (Å²) in [7, 11) is 0. The fourth-order valence-corrected chi connectivity index (χ4v) is 3.46. The number of carbonyl (C=O) groups excluding carboxylic acids is 2. The highest BCUT2D eigenvalue weighted by molar-refractivity contribution is 7.18. The largest absolute Gasteiger partial charge is 0.379 e. The van der Waals surface area contributed by atoms with E-state index in [9.17, 15) is 9.59 Å². The van der Waals surface area contributed by atoms with Crippen molar-refractivity contribution in [2.75, 3.05) is 44.7 Å². The topological polar surface area (TPSA) is 70.7 Å². The molecular formula is C18H29N3O3S. The number of nitrogens with one attached hydrogen (secondary N) is 2. The Hall–Kier alpha value is -1.44. The second-order valence-corrected chi connectivity index (χ2v) is 8.44. The number of aryl methyl sites for hydroxylation is 1. The molecule has 25 heavy (non-hydrogen) atoms. The lowest BCUT2D eigenvalue weighted by Crippen LogP contribution is -2.38. The Morgan fingerprint density at radius 1 is 1.28 bits per heavy atom. The third kappa shape index (κ3) is 6.09. The Morgan fingerprint density at radius 2 is 1.96 bits per heavy atom. The van der Waals surface area contributed by atoms with Crippen LogP contribution in [0.3, 0.4) is 0 Å². The fraction of sp³-hybridized carbons (Fsp3) is 0.667. The molecule has 6 nitrogen and oxygen atoms in total. The zero-order chi connectivity index (χ0) is 18.4. The third-order valence-electron chi connectivity index (χ3n) is 4.08. The molecule has 1 fully saturated rings. The Kier molecular flexibility index (Phi) is 6.98. The van der Waals surface area contributed by atoms with E-state index < -0.39 is 5.41 Å². The van der Waals surface area contributed by atoms with Crippen LogP contribution in [0.2, 0.25) is 0 Å². The van der Waals surface area contributed by atoms with E-state index in [4.69, 9.17) is 4.74 Å². The number of thiophene rings is 1. The molecule has 0 atom stereocenters. The summed E-state index contributed by atoms with van der Waals surface area (Å²) >= 11 is 1.33. The van der Waals surface area contributed by atoms with E-state index >= 15 is 0 Å². The highest BCUT2D eigenvalue weighted by atomic mass is 32.1. The van der Waals surface area contributed by atoms with E-state index in [1.165, 1.54) is 11.3 Å². The van der Waals surface area contributed by atoms with Gasteiger partial charge in [0.2, 0.25) is 5.91 Å². The van der Waals surface area contributed by atoms with Crippen LogP contribution < -0.4 is 10.6 Å². The molecule has 2 heterocycles. The average Bonchev–Trinajstić information content (AvgIpc) is 2.92. The van der Waals surface area contributed by atoms with Gasteiger partial charge < -0.3 is 15.4 Å². The van der Waals surface area contributed by atoms with Crippen molar-refractivity contribution in [2.45, 2.75) is 34.1 Å². The molecule has 1 aliphatic heterocycles. The summed E-state index contributed by atoms with van der Waals surface area (Å²) in [6.07, 6.45) is 0.920. The molecule has 0 unspecified atom stereocenters. The van der Waals surface area contributed by atoms with Crippen LogP contribution in [-0.4, -0.2) is 56.1 Å². The van der Waals surface area contributed by atoms with Crippen molar-refractivity contribution < 1.29 is 14.3 Å². The molecule has 0 saturated carbocycles. The van der Waals surface area contributed by atoms with Crippen molar-refractivity contribution in [2.24, 2.45) is 5.41 Å². The van der Waals surface area contributed by atoms with E-state index in [1.807, 2.05) is 33.8 Å². The highest BCUT2D eigenvalue weighted by Gasteiger charge is 2.23. The summed E-state index contributed by atoms with van der Waals surface area (Å²) in [6.45, 7) is 12.6. The molecule has 0 bridgehead atoms. The summed E-state index contributed by atoms with van der Waals surface area (Å²) in [4.78, 5) is 27.4. The number of amides is 2.